The highest BCUT2D eigenvalue weighted by Crippen LogP contribution is 2.42. The second-order valence-electron chi connectivity index (χ2n) is 5.99. The van der Waals surface area contributed by atoms with Crippen LogP contribution in [-0.4, -0.2) is 12.3 Å². The van der Waals surface area contributed by atoms with Crippen molar-refractivity contribution in [1.29, 1.82) is 0 Å². The molecule has 0 aromatic carbocycles. The molecule has 17 heavy (non-hydrogen) atoms. The maximum absolute atomic E-state index is 4.57. The Bertz CT molecular complexity index is 377. The van der Waals surface area contributed by atoms with E-state index in [-0.39, 0.29) is 10.8 Å². The lowest BCUT2D eigenvalue weighted by Crippen LogP contribution is -2.28. The third-order valence-corrected chi connectivity index (χ3v) is 3.67. The molecule has 1 aliphatic carbocycles. The number of allylic oxidation sites excluding steroid dienone is 5. The van der Waals surface area contributed by atoms with Crippen LogP contribution < -0.4 is 0 Å². The molecule has 1 rings (SSSR count). The van der Waals surface area contributed by atoms with Gasteiger partial charge in [-0.1, -0.05) is 59.4 Å². The molecule has 94 valence electrons. The number of hydrogen-bond donors (Lipinski definition) is 0. The van der Waals surface area contributed by atoms with Crippen LogP contribution in [0.4, 0.5) is 0 Å². The van der Waals surface area contributed by atoms with Gasteiger partial charge in [-0.05, 0) is 23.5 Å². The summed E-state index contributed by atoms with van der Waals surface area (Å²) in [5, 5.41) is 0. The Balaban J connectivity index is 3.08. The fourth-order valence-corrected chi connectivity index (χ4v) is 1.66. The van der Waals surface area contributed by atoms with Crippen LogP contribution in [0, 0.1) is 10.8 Å². The molecule has 1 aliphatic rings. The van der Waals surface area contributed by atoms with Gasteiger partial charge < -0.3 is 0 Å². The zero-order chi connectivity index (χ0) is 13.1. The molecule has 1 unspecified atom stereocenters. The van der Waals surface area contributed by atoms with Crippen molar-refractivity contribution in [3.05, 3.63) is 36.5 Å². The van der Waals surface area contributed by atoms with E-state index in [9.17, 15) is 0 Å². The van der Waals surface area contributed by atoms with Gasteiger partial charge in [-0.3, -0.25) is 4.99 Å². The Morgan fingerprint density at radius 3 is 2.35 bits per heavy atom. The maximum Gasteiger partial charge on any atom is 0.0637 e. The van der Waals surface area contributed by atoms with Gasteiger partial charge in [-0.2, -0.15) is 0 Å². The summed E-state index contributed by atoms with van der Waals surface area (Å²) in [6, 6.07) is 0. The van der Waals surface area contributed by atoms with Gasteiger partial charge in [-0.15, -0.1) is 0 Å². The lowest BCUT2D eigenvalue weighted by molar-refractivity contribution is 0.228. The van der Waals surface area contributed by atoms with Crippen LogP contribution in [0.3, 0.4) is 0 Å². The van der Waals surface area contributed by atoms with Crippen LogP contribution in [0.25, 0.3) is 0 Å². The Labute approximate surface area is 106 Å². The molecule has 0 spiro atoms. The average molecular weight is 231 g/mol. The van der Waals surface area contributed by atoms with Crippen molar-refractivity contribution in [1.82, 2.24) is 0 Å². The molecule has 0 aromatic rings. The van der Waals surface area contributed by atoms with Gasteiger partial charge in [0, 0.05) is 12.0 Å². The first-order valence-electron chi connectivity index (χ1n) is 6.42. The Morgan fingerprint density at radius 2 is 1.82 bits per heavy atom. The van der Waals surface area contributed by atoms with Gasteiger partial charge >= 0.3 is 0 Å². The molecule has 0 amide bonds. The largest absolute Gasteiger partial charge is 0.285 e. The van der Waals surface area contributed by atoms with Crippen molar-refractivity contribution in [3.63, 3.8) is 0 Å². The average Bonchev–Trinajstić information content (AvgIpc) is 2.37. The Kier molecular flexibility index (Phi) is 4.13. The van der Waals surface area contributed by atoms with Gasteiger partial charge in [0.15, 0.2) is 0 Å². The number of aliphatic imine (C=N–C) groups is 1. The molecule has 0 heterocycles. The quantitative estimate of drug-likeness (QED) is 0.660. The van der Waals surface area contributed by atoms with E-state index in [1.807, 2.05) is 0 Å². The van der Waals surface area contributed by atoms with Crippen molar-refractivity contribution < 1.29 is 0 Å². The van der Waals surface area contributed by atoms with E-state index in [1.165, 1.54) is 0 Å². The van der Waals surface area contributed by atoms with Crippen LogP contribution in [0.5, 0.6) is 0 Å². The summed E-state index contributed by atoms with van der Waals surface area (Å²) in [5.74, 6) is 0. The molecule has 0 aliphatic heterocycles. The first-order valence-corrected chi connectivity index (χ1v) is 6.42. The van der Waals surface area contributed by atoms with Crippen molar-refractivity contribution in [3.8, 4) is 0 Å². The molecule has 0 fully saturated rings. The number of nitrogens with zero attached hydrogens (tertiary/aromatic N) is 1. The van der Waals surface area contributed by atoms with E-state index in [2.05, 4.69) is 70.5 Å². The summed E-state index contributed by atoms with van der Waals surface area (Å²) in [5.41, 5.74) is 2.29. The van der Waals surface area contributed by atoms with Crippen molar-refractivity contribution in [2.24, 2.45) is 15.8 Å². The Hall–Kier alpha value is -1.11. The van der Waals surface area contributed by atoms with Gasteiger partial charge in [0.1, 0.15) is 0 Å². The minimum absolute atomic E-state index is 0.0550. The zero-order valence-electron chi connectivity index (χ0n) is 11.9. The first-order chi connectivity index (χ1) is 7.80. The molecule has 0 bridgehead atoms. The maximum atomic E-state index is 4.57. The molecule has 1 nitrogen and oxygen atoms in total. The van der Waals surface area contributed by atoms with Gasteiger partial charge in [0.05, 0.1) is 5.71 Å². The third kappa shape index (κ3) is 3.18. The second kappa shape index (κ2) is 5.03. The monoisotopic (exact) mass is 231 g/mol. The molecule has 0 aromatic heterocycles. The van der Waals surface area contributed by atoms with E-state index in [0.717, 1.165) is 24.3 Å². The number of hydrogen-bond acceptors (Lipinski definition) is 1. The standard InChI is InChI=1S/C16H25N/c1-7-12-17-14-9-11-16(6,15(3,4)5)10-8-13(14)2/h8-11H,2,7,12H2,1,3-6H3. The topological polar surface area (TPSA) is 12.4 Å². The van der Waals surface area contributed by atoms with E-state index in [0.29, 0.717) is 0 Å². The predicted molar refractivity (Wildman–Crippen MR) is 77.6 cm³/mol. The summed E-state index contributed by atoms with van der Waals surface area (Å²) in [6.07, 6.45) is 9.82. The second-order valence-corrected chi connectivity index (χ2v) is 5.99. The lowest BCUT2D eigenvalue weighted by Gasteiger charge is -2.36. The molecule has 0 N–H and O–H groups in total. The van der Waals surface area contributed by atoms with E-state index in [1.54, 1.807) is 0 Å². The molecule has 1 heteroatoms. The highest BCUT2D eigenvalue weighted by atomic mass is 14.7. The van der Waals surface area contributed by atoms with Crippen molar-refractivity contribution >= 4 is 5.71 Å². The lowest BCUT2D eigenvalue weighted by atomic mass is 9.68. The van der Waals surface area contributed by atoms with Crippen molar-refractivity contribution in [2.45, 2.75) is 41.0 Å². The summed E-state index contributed by atoms with van der Waals surface area (Å²) >= 11 is 0. The fourth-order valence-electron chi connectivity index (χ4n) is 1.66. The summed E-state index contributed by atoms with van der Waals surface area (Å²) in [7, 11) is 0. The van der Waals surface area contributed by atoms with Crippen LogP contribution >= 0.6 is 0 Å². The molecule has 0 saturated heterocycles. The minimum atomic E-state index is 0.0550. The predicted octanol–water partition coefficient (Wildman–Crippen LogP) is 4.57. The summed E-state index contributed by atoms with van der Waals surface area (Å²) in [4.78, 5) is 4.57. The van der Waals surface area contributed by atoms with Gasteiger partial charge in [0.2, 0.25) is 0 Å². The van der Waals surface area contributed by atoms with Crippen LogP contribution in [0.2, 0.25) is 0 Å². The van der Waals surface area contributed by atoms with E-state index in [4.69, 9.17) is 0 Å². The SMILES string of the molecule is C=C1C=CC(C)(C(C)(C)C)C=CC1=NCCC. The van der Waals surface area contributed by atoms with Gasteiger partial charge in [-0.25, -0.2) is 0 Å². The zero-order valence-corrected chi connectivity index (χ0v) is 11.9. The Morgan fingerprint density at radius 1 is 1.24 bits per heavy atom. The fraction of sp³-hybridized carbons (Fsp3) is 0.562. The van der Waals surface area contributed by atoms with Gasteiger partial charge in [0.25, 0.3) is 0 Å². The highest BCUT2D eigenvalue weighted by molar-refractivity contribution is 6.10. The highest BCUT2D eigenvalue weighted by Gasteiger charge is 2.33. The van der Waals surface area contributed by atoms with Crippen molar-refractivity contribution in [2.75, 3.05) is 6.54 Å². The molecular weight excluding hydrogens is 206 g/mol. The summed E-state index contributed by atoms with van der Waals surface area (Å²) < 4.78 is 0. The van der Waals surface area contributed by atoms with E-state index >= 15 is 0 Å². The normalized spacial score (nSPS) is 27.6. The molecule has 0 saturated carbocycles. The van der Waals surface area contributed by atoms with E-state index < -0.39 is 0 Å². The summed E-state index contributed by atoms with van der Waals surface area (Å²) in [6.45, 7) is 16.1. The first kappa shape index (κ1) is 14.0. The van der Waals surface area contributed by atoms with Crippen LogP contribution in [-0.2, 0) is 0 Å². The third-order valence-electron chi connectivity index (χ3n) is 3.67. The number of rotatable bonds is 2. The smallest absolute Gasteiger partial charge is 0.0637 e. The van der Waals surface area contributed by atoms with Crippen LogP contribution in [0.15, 0.2) is 41.4 Å². The molecule has 0 radical (unpaired) electrons. The van der Waals surface area contributed by atoms with Crippen LogP contribution in [0.1, 0.15) is 41.0 Å². The molecular formula is C16H25N. The molecule has 1 atom stereocenters. The minimum Gasteiger partial charge on any atom is -0.285 e.